The first kappa shape index (κ1) is 12.4. The average Bonchev–Trinajstić information content (AvgIpc) is 2.33. The van der Waals surface area contributed by atoms with Crippen LogP contribution in [0.2, 0.25) is 0 Å². The molecule has 1 saturated carbocycles. The molecule has 1 aliphatic rings. The lowest BCUT2D eigenvalue weighted by atomic mass is 9.77. The zero-order chi connectivity index (χ0) is 12.1. The zero-order valence-electron chi connectivity index (χ0n) is 11.0. The maximum Gasteiger partial charge on any atom is 0.123 e. The molecule has 2 rings (SSSR count). The van der Waals surface area contributed by atoms with Gasteiger partial charge in [0.2, 0.25) is 0 Å². The lowest BCUT2D eigenvalue weighted by molar-refractivity contribution is -0.0145. The molecule has 0 aliphatic heterocycles. The normalized spacial score (nSPS) is 17.5. The Morgan fingerprint density at radius 3 is 2.65 bits per heavy atom. The van der Waals surface area contributed by atoms with Crippen LogP contribution >= 0.6 is 0 Å². The van der Waals surface area contributed by atoms with Crippen molar-refractivity contribution in [1.29, 1.82) is 0 Å². The van der Waals surface area contributed by atoms with E-state index >= 15 is 0 Å². The first-order valence-electron chi connectivity index (χ1n) is 6.71. The highest BCUT2D eigenvalue weighted by Crippen LogP contribution is 2.40. The molecular formula is C15H23NO. The summed E-state index contributed by atoms with van der Waals surface area (Å²) in [7, 11) is 2.01. The third-order valence-corrected chi connectivity index (χ3v) is 3.78. The van der Waals surface area contributed by atoms with Crippen molar-refractivity contribution in [2.24, 2.45) is 0 Å². The Hall–Kier alpha value is -1.02. The number of aryl methyl sites for hydroxylation is 1. The van der Waals surface area contributed by atoms with Crippen LogP contribution in [-0.2, 0) is 6.42 Å². The molecule has 0 amide bonds. The van der Waals surface area contributed by atoms with Crippen LogP contribution in [0.25, 0.3) is 0 Å². The van der Waals surface area contributed by atoms with Crippen molar-refractivity contribution >= 4 is 0 Å². The van der Waals surface area contributed by atoms with Gasteiger partial charge in [-0.1, -0.05) is 25.1 Å². The van der Waals surface area contributed by atoms with Crippen molar-refractivity contribution in [3.8, 4) is 5.75 Å². The van der Waals surface area contributed by atoms with Crippen LogP contribution < -0.4 is 10.1 Å². The zero-order valence-corrected chi connectivity index (χ0v) is 11.0. The molecule has 1 aromatic carbocycles. The van der Waals surface area contributed by atoms with E-state index in [2.05, 4.69) is 36.5 Å². The molecule has 1 fully saturated rings. The number of hydrogen-bond donors (Lipinski definition) is 1. The summed E-state index contributed by atoms with van der Waals surface area (Å²) in [5, 5.41) is 3.23. The van der Waals surface area contributed by atoms with Crippen molar-refractivity contribution in [1.82, 2.24) is 5.32 Å². The fraction of sp³-hybridized carbons (Fsp3) is 0.600. The smallest absolute Gasteiger partial charge is 0.123 e. The number of nitrogens with one attached hydrogen (secondary N) is 1. The maximum atomic E-state index is 6.32. The van der Waals surface area contributed by atoms with E-state index in [0.717, 1.165) is 25.1 Å². The van der Waals surface area contributed by atoms with E-state index in [9.17, 15) is 0 Å². The van der Waals surface area contributed by atoms with Crippen molar-refractivity contribution < 1.29 is 4.74 Å². The van der Waals surface area contributed by atoms with Crippen LogP contribution in [-0.4, -0.2) is 19.2 Å². The quantitative estimate of drug-likeness (QED) is 0.815. The maximum absolute atomic E-state index is 6.32. The van der Waals surface area contributed by atoms with Gasteiger partial charge in [-0.15, -0.1) is 0 Å². The Labute approximate surface area is 104 Å². The standard InChI is InChI=1S/C15H23NO/c1-3-13-7-4-5-8-14(13)17-15(9-6-10-15)11-12-16-2/h4-5,7-8,16H,3,6,9-12H2,1-2H3. The highest BCUT2D eigenvalue weighted by molar-refractivity contribution is 5.34. The third kappa shape index (κ3) is 2.81. The predicted octanol–water partition coefficient (Wildman–Crippen LogP) is 3.16. The molecular weight excluding hydrogens is 210 g/mol. The summed E-state index contributed by atoms with van der Waals surface area (Å²) in [4.78, 5) is 0. The molecule has 94 valence electrons. The summed E-state index contributed by atoms with van der Waals surface area (Å²) in [6.45, 7) is 3.22. The summed E-state index contributed by atoms with van der Waals surface area (Å²) in [5.74, 6) is 1.09. The first-order valence-corrected chi connectivity index (χ1v) is 6.71. The minimum absolute atomic E-state index is 0.105. The second kappa shape index (κ2) is 5.54. The van der Waals surface area contributed by atoms with Gasteiger partial charge < -0.3 is 10.1 Å². The summed E-state index contributed by atoms with van der Waals surface area (Å²) in [5.41, 5.74) is 1.43. The van der Waals surface area contributed by atoms with Crippen LogP contribution in [0.15, 0.2) is 24.3 Å². The van der Waals surface area contributed by atoms with Gasteiger partial charge in [0.15, 0.2) is 0 Å². The lowest BCUT2D eigenvalue weighted by Crippen LogP contribution is -2.45. The van der Waals surface area contributed by atoms with Crippen LogP contribution in [0.5, 0.6) is 5.75 Å². The van der Waals surface area contributed by atoms with Gasteiger partial charge in [-0.25, -0.2) is 0 Å². The summed E-state index contributed by atoms with van der Waals surface area (Å²) >= 11 is 0. The molecule has 0 unspecified atom stereocenters. The number of hydrogen-bond acceptors (Lipinski definition) is 2. The first-order chi connectivity index (χ1) is 8.29. The number of para-hydroxylation sites is 1. The Morgan fingerprint density at radius 2 is 2.06 bits per heavy atom. The molecule has 0 bridgehead atoms. The van der Waals surface area contributed by atoms with Gasteiger partial charge in [-0.3, -0.25) is 0 Å². The van der Waals surface area contributed by atoms with Crippen LogP contribution in [0, 0.1) is 0 Å². The van der Waals surface area contributed by atoms with Gasteiger partial charge >= 0.3 is 0 Å². The number of benzene rings is 1. The second-order valence-corrected chi connectivity index (χ2v) is 4.95. The largest absolute Gasteiger partial charge is 0.487 e. The van der Waals surface area contributed by atoms with Crippen LogP contribution in [0.1, 0.15) is 38.2 Å². The fourth-order valence-electron chi connectivity index (χ4n) is 2.46. The minimum atomic E-state index is 0.105. The molecule has 2 nitrogen and oxygen atoms in total. The van der Waals surface area contributed by atoms with Crippen molar-refractivity contribution in [3.05, 3.63) is 29.8 Å². The summed E-state index contributed by atoms with van der Waals surface area (Å²) in [6, 6.07) is 8.43. The number of rotatable bonds is 6. The molecule has 17 heavy (non-hydrogen) atoms. The molecule has 1 aliphatic carbocycles. The van der Waals surface area contributed by atoms with E-state index in [-0.39, 0.29) is 5.60 Å². The van der Waals surface area contributed by atoms with E-state index in [0.29, 0.717) is 0 Å². The average molecular weight is 233 g/mol. The van der Waals surface area contributed by atoms with Crippen molar-refractivity contribution in [2.45, 2.75) is 44.6 Å². The van der Waals surface area contributed by atoms with Gasteiger partial charge in [0.25, 0.3) is 0 Å². The van der Waals surface area contributed by atoms with Crippen LogP contribution in [0.4, 0.5) is 0 Å². The van der Waals surface area contributed by atoms with Crippen molar-refractivity contribution in [2.75, 3.05) is 13.6 Å². The van der Waals surface area contributed by atoms with E-state index < -0.39 is 0 Å². The van der Waals surface area contributed by atoms with Crippen molar-refractivity contribution in [3.63, 3.8) is 0 Å². The Bertz CT molecular complexity index is 358. The molecule has 0 saturated heterocycles. The van der Waals surface area contributed by atoms with E-state index in [1.165, 1.54) is 24.8 Å². The highest BCUT2D eigenvalue weighted by atomic mass is 16.5. The Balaban J connectivity index is 2.07. The molecule has 0 spiro atoms. The van der Waals surface area contributed by atoms with Gasteiger partial charge in [0, 0.05) is 0 Å². The highest BCUT2D eigenvalue weighted by Gasteiger charge is 2.38. The summed E-state index contributed by atoms with van der Waals surface area (Å²) in [6.07, 6.45) is 5.86. The van der Waals surface area contributed by atoms with Gasteiger partial charge in [0.05, 0.1) is 0 Å². The van der Waals surface area contributed by atoms with Gasteiger partial charge in [-0.05, 0) is 57.3 Å². The van der Waals surface area contributed by atoms with Gasteiger partial charge in [0.1, 0.15) is 11.4 Å². The third-order valence-electron chi connectivity index (χ3n) is 3.78. The molecule has 0 atom stereocenters. The van der Waals surface area contributed by atoms with E-state index in [1.54, 1.807) is 0 Å². The van der Waals surface area contributed by atoms with E-state index in [4.69, 9.17) is 4.74 Å². The monoisotopic (exact) mass is 233 g/mol. The van der Waals surface area contributed by atoms with Crippen LogP contribution in [0.3, 0.4) is 0 Å². The second-order valence-electron chi connectivity index (χ2n) is 4.95. The SMILES string of the molecule is CCc1ccccc1OC1(CCNC)CCC1. The van der Waals surface area contributed by atoms with Gasteiger partial charge in [-0.2, -0.15) is 0 Å². The number of ether oxygens (including phenoxy) is 1. The van der Waals surface area contributed by atoms with E-state index in [1.807, 2.05) is 7.05 Å². The Morgan fingerprint density at radius 1 is 1.29 bits per heavy atom. The summed E-state index contributed by atoms with van der Waals surface area (Å²) < 4.78 is 6.32. The molecule has 0 aromatic heterocycles. The Kier molecular flexibility index (Phi) is 4.06. The minimum Gasteiger partial charge on any atom is -0.487 e. The molecule has 0 heterocycles. The topological polar surface area (TPSA) is 21.3 Å². The molecule has 2 heteroatoms. The molecule has 0 radical (unpaired) electrons. The predicted molar refractivity (Wildman–Crippen MR) is 71.6 cm³/mol. The fourth-order valence-corrected chi connectivity index (χ4v) is 2.46. The lowest BCUT2D eigenvalue weighted by Gasteiger charge is -2.42. The molecule has 1 aromatic rings. The molecule has 1 N–H and O–H groups in total.